The third-order valence-corrected chi connectivity index (χ3v) is 5.45. The third-order valence-electron chi connectivity index (χ3n) is 5.45. The first-order valence-corrected chi connectivity index (χ1v) is 9.17. The van der Waals surface area contributed by atoms with Crippen LogP contribution in [0.4, 0.5) is 16.2 Å². The Morgan fingerprint density at radius 2 is 1.81 bits per heavy atom. The van der Waals surface area contributed by atoms with E-state index in [-0.39, 0.29) is 18.5 Å². The van der Waals surface area contributed by atoms with Gasteiger partial charge in [-0.1, -0.05) is 0 Å². The van der Waals surface area contributed by atoms with E-state index >= 15 is 0 Å². The molecule has 8 nitrogen and oxygen atoms in total. The van der Waals surface area contributed by atoms with Gasteiger partial charge >= 0.3 is 6.03 Å². The lowest BCUT2D eigenvalue weighted by Crippen LogP contribution is -2.58. The molecule has 27 heavy (non-hydrogen) atoms. The number of likely N-dealkylation sites (N-methyl/N-ethyl adjacent to an activating group) is 2. The van der Waals surface area contributed by atoms with Gasteiger partial charge in [-0.3, -0.25) is 14.5 Å². The Morgan fingerprint density at radius 3 is 2.37 bits per heavy atom. The standard InChI is InChI=1S/C19H27N5O3/c1-21(2)12-16(25)22(3)14-6-8-15(9-7-14)23-13-19(17(20)26)10-4-5-11-24(19)18(23)27/h6-9H,4-5,10-13H2,1-3H3,(H2,20,26)/t19-/m1/s1. The van der Waals surface area contributed by atoms with E-state index in [2.05, 4.69) is 0 Å². The summed E-state index contributed by atoms with van der Waals surface area (Å²) in [6.07, 6.45) is 2.37. The average molecular weight is 373 g/mol. The number of nitrogens with zero attached hydrogens (tertiary/aromatic N) is 4. The van der Waals surface area contributed by atoms with Crippen molar-refractivity contribution in [3.8, 4) is 0 Å². The van der Waals surface area contributed by atoms with Gasteiger partial charge in [-0.2, -0.15) is 0 Å². The van der Waals surface area contributed by atoms with Crippen molar-refractivity contribution in [1.82, 2.24) is 9.80 Å². The zero-order chi connectivity index (χ0) is 19.8. The fourth-order valence-corrected chi connectivity index (χ4v) is 3.87. The first-order chi connectivity index (χ1) is 12.8. The van der Waals surface area contributed by atoms with E-state index in [9.17, 15) is 14.4 Å². The van der Waals surface area contributed by atoms with E-state index in [1.165, 1.54) is 0 Å². The number of rotatable bonds is 5. The second kappa shape index (κ2) is 7.19. The number of anilines is 2. The Morgan fingerprint density at radius 1 is 1.15 bits per heavy atom. The molecule has 0 unspecified atom stereocenters. The van der Waals surface area contributed by atoms with Crippen LogP contribution in [0.5, 0.6) is 0 Å². The maximum atomic E-state index is 12.9. The zero-order valence-electron chi connectivity index (χ0n) is 16.1. The summed E-state index contributed by atoms with van der Waals surface area (Å²) in [5.41, 5.74) is 6.22. The lowest BCUT2D eigenvalue weighted by Gasteiger charge is -2.37. The number of nitrogens with two attached hydrogens (primary N) is 1. The molecule has 3 rings (SSSR count). The average Bonchev–Trinajstić information content (AvgIpc) is 2.95. The summed E-state index contributed by atoms with van der Waals surface area (Å²) in [4.78, 5) is 43.8. The molecule has 4 amide bonds. The van der Waals surface area contributed by atoms with E-state index in [1.807, 2.05) is 31.1 Å². The van der Waals surface area contributed by atoms with Gasteiger partial charge in [0, 0.05) is 25.0 Å². The van der Waals surface area contributed by atoms with Crippen molar-refractivity contribution in [1.29, 1.82) is 0 Å². The van der Waals surface area contributed by atoms with E-state index < -0.39 is 11.4 Å². The molecule has 8 heteroatoms. The smallest absolute Gasteiger partial charge is 0.325 e. The molecule has 0 saturated carbocycles. The van der Waals surface area contributed by atoms with Gasteiger partial charge in [-0.05, 0) is 57.6 Å². The van der Waals surface area contributed by atoms with Gasteiger partial charge in [-0.15, -0.1) is 0 Å². The molecule has 2 N–H and O–H groups in total. The van der Waals surface area contributed by atoms with Crippen LogP contribution in [0.3, 0.4) is 0 Å². The summed E-state index contributed by atoms with van der Waals surface area (Å²) in [6, 6.07) is 7.05. The van der Waals surface area contributed by atoms with Crippen molar-refractivity contribution >= 4 is 29.2 Å². The SMILES string of the molecule is CN(C)CC(=O)N(C)c1ccc(N2C[C@@]3(C(N)=O)CCCCN3C2=O)cc1. The Labute approximate surface area is 159 Å². The number of benzene rings is 1. The summed E-state index contributed by atoms with van der Waals surface area (Å²) in [6.45, 7) is 1.15. The van der Waals surface area contributed by atoms with Crippen molar-refractivity contribution in [2.45, 2.75) is 24.8 Å². The van der Waals surface area contributed by atoms with Crippen LogP contribution in [0.2, 0.25) is 0 Å². The first kappa shape index (κ1) is 19.2. The van der Waals surface area contributed by atoms with Crippen LogP contribution in [0.25, 0.3) is 0 Å². The Hall–Kier alpha value is -2.61. The van der Waals surface area contributed by atoms with Crippen LogP contribution in [0, 0.1) is 0 Å². The molecule has 1 aromatic rings. The molecule has 0 aromatic heterocycles. The second-order valence-electron chi connectivity index (χ2n) is 7.58. The largest absolute Gasteiger partial charge is 0.368 e. The summed E-state index contributed by atoms with van der Waals surface area (Å²) in [7, 11) is 5.42. The molecular weight excluding hydrogens is 346 g/mol. The highest BCUT2D eigenvalue weighted by Gasteiger charge is 2.54. The minimum atomic E-state index is -0.910. The van der Waals surface area contributed by atoms with Gasteiger partial charge in [0.15, 0.2) is 0 Å². The molecule has 146 valence electrons. The van der Waals surface area contributed by atoms with Crippen LogP contribution < -0.4 is 15.5 Å². The molecule has 2 heterocycles. The summed E-state index contributed by atoms with van der Waals surface area (Å²) >= 11 is 0. The monoisotopic (exact) mass is 373 g/mol. The van der Waals surface area contributed by atoms with Gasteiger partial charge in [0.1, 0.15) is 5.54 Å². The first-order valence-electron chi connectivity index (χ1n) is 9.17. The Bertz CT molecular complexity index is 748. The van der Waals surface area contributed by atoms with Gasteiger partial charge in [0.25, 0.3) is 0 Å². The molecule has 0 bridgehead atoms. The van der Waals surface area contributed by atoms with Gasteiger partial charge < -0.3 is 20.4 Å². The van der Waals surface area contributed by atoms with E-state index in [4.69, 9.17) is 5.73 Å². The number of urea groups is 1. The van der Waals surface area contributed by atoms with Crippen LogP contribution in [-0.2, 0) is 9.59 Å². The lowest BCUT2D eigenvalue weighted by atomic mass is 9.87. The summed E-state index contributed by atoms with van der Waals surface area (Å²) in [5.74, 6) is -0.460. The molecule has 2 aliphatic heterocycles. The predicted octanol–water partition coefficient (Wildman–Crippen LogP) is 0.861. The predicted molar refractivity (Wildman–Crippen MR) is 104 cm³/mol. The van der Waals surface area contributed by atoms with Gasteiger partial charge in [0.05, 0.1) is 13.1 Å². The number of hydrogen-bond donors (Lipinski definition) is 1. The topological polar surface area (TPSA) is 90.2 Å². The Kier molecular flexibility index (Phi) is 5.10. The number of amides is 4. The molecule has 1 atom stereocenters. The molecule has 0 radical (unpaired) electrons. The maximum absolute atomic E-state index is 12.9. The number of piperidine rings is 1. The van der Waals surface area contributed by atoms with Crippen molar-refractivity contribution in [3.63, 3.8) is 0 Å². The van der Waals surface area contributed by atoms with Gasteiger partial charge in [-0.25, -0.2) is 4.79 Å². The summed E-state index contributed by atoms with van der Waals surface area (Å²) < 4.78 is 0. The van der Waals surface area contributed by atoms with Crippen LogP contribution in [0.15, 0.2) is 24.3 Å². The normalized spacial score (nSPS) is 22.1. The quantitative estimate of drug-likeness (QED) is 0.829. The molecular formula is C19H27N5O3. The maximum Gasteiger partial charge on any atom is 0.325 e. The zero-order valence-corrected chi connectivity index (χ0v) is 16.1. The highest BCUT2D eigenvalue weighted by atomic mass is 16.2. The molecule has 2 fully saturated rings. The molecule has 1 aromatic carbocycles. The van der Waals surface area contributed by atoms with Crippen molar-refractivity contribution in [2.24, 2.45) is 5.73 Å². The van der Waals surface area contributed by atoms with E-state index in [0.717, 1.165) is 18.5 Å². The number of carbonyl (C=O) groups excluding carboxylic acids is 3. The van der Waals surface area contributed by atoms with Gasteiger partial charge in [0.2, 0.25) is 11.8 Å². The third kappa shape index (κ3) is 3.37. The minimum Gasteiger partial charge on any atom is -0.368 e. The number of hydrogen-bond acceptors (Lipinski definition) is 4. The van der Waals surface area contributed by atoms with Crippen molar-refractivity contribution < 1.29 is 14.4 Å². The van der Waals surface area contributed by atoms with Crippen LogP contribution in [0.1, 0.15) is 19.3 Å². The van der Waals surface area contributed by atoms with Crippen LogP contribution in [-0.4, -0.2) is 74.0 Å². The highest BCUT2D eigenvalue weighted by Crippen LogP contribution is 2.37. The summed E-state index contributed by atoms with van der Waals surface area (Å²) in [5, 5.41) is 0. The van der Waals surface area contributed by atoms with Crippen molar-refractivity contribution in [2.75, 3.05) is 50.6 Å². The van der Waals surface area contributed by atoms with Crippen molar-refractivity contribution in [3.05, 3.63) is 24.3 Å². The molecule has 0 aliphatic carbocycles. The number of carbonyl (C=O) groups is 3. The van der Waals surface area contributed by atoms with E-state index in [1.54, 1.807) is 33.9 Å². The Balaban J connectivity index is 1.80. The fraction of sp³-hybridized carbons (Fsp3) is 0.526. The highest BCUT2D eigenvalue weighted by molar-refractivity contribution is 6.03. The second-order valence-corrected chi connectivity index (χ2v) is 7.58. The molecule has 2 saturated heterocycles. The number of fused-ring (bicyclic) bond motifs is 1. The molecule has 0 spiro atoms. The van der Waals surface area contributed by atoms with E-state index in [0.29, 0.717) is 25.2 Å². The number of primary amides is 1. The fourth-order valence-electron chi connectivity index (χ4n) is 3.87. The minimum absolute atomic E-state index is 0.0187. The van der Waals surface area contributed by atoms with Crippen LogP contribution >= 0.6 is 0 Å². The lowest BCUT2D eigenvalue weighted by molar-refractivity contribution is -0.128. The molecule has 2 aliphatic rings.